The van der Waals surface area contributed by atoms with Gasteiger partial charge < -0.3 is 14.1 Å². The Balaban J connectivity index is 1.51. The van der Waals surface area contributed by atoms with Crippen LogP contribution in [0.25, 0.3) is 0 Å². The van der Waals surface area contributed by atoms with E-state index in [1.54, 1.807) is 30.0 Å². The smallest absolute Gasteiger partial charge is 0.260 e. The summed E-state index contributed by atoms with van der Waals surface area (Å²) in [5.74, 6) is 1.76. The molecule has 1 fully saturated rings. The third kappa shape index (κ3) is 3.99. The molecule has 1 aliphatic rings. The van der Waals surface area contributed by atoms with Gasteiger partial charge in [0.25, 0.3) is 5.91 Å². The number of benzene rings is 1. The maximum Gasteiger partial charge on any atom is 0.260 e. The molecule has 24 heavy (non-hydrogen) atoms. The van der Waals surface area contributed by atoms with E-state index in [2.05, 4.69) is 10.2 Å². The molecule has 1 aromatic heterocycles. The first-order chi connectivity index (χ1) is 11.5. The fourth-order valence-electron chi connectivity index (χ4n) is 2.67. The third-order valence-corrected chi connectivity index (χ3v) is 4.53. The summed E-state index contributed by atoms with van der Waals surface area (Å²) < 4.78 is 11.0. The molecule has 0 bridgehead atoms. The first-order valence-corrected chi connectivity index (χ1v) is 8.44. The molecule has 0 radical (unpaired) electrons. The van der Waals surface area contributed by atoms with Gasteiger partial charge in [-0.1, -0.05) is 23.2 Å². The minimum absolute atomic E-state index is 0.0651. The predicted octanol–water partition coefficient (Wildman–Crippen LogP) is 3.47. The second kappa shape index (κ2) is 7.40. The number of carbonyl (C=O) groups is 1. The van der Waals surface area contributed by atoms with E-state index in [0.717, 1.165) is 12.8 Å². The predicted molar refractivity (Wildman–Crippen MR) is 89.5 cm³/mol. The molecule has 0 spiro atoms. The summed E-state index contributed by atoms with van der Waals surface area (Å²) in [5.41, 5.74) is 0. The van der Waals surface area contributed by atoms with Crippen molar-refractivity contribution in [3.8, 4) is 5.75 Å². The highest BCUT2D eigenvalue weighted by Gasteiger charge is 2.27. The number of nitrogens with zero attached hydrogens (tertiary/aromatic N) is 3. The number of aryl methyl sites for hydroxylation is 1. The molecule has 1 aliphatic heterocycles. The average molecular weight is 370 g/mol. The minimum atomic E-state index is -0.0776. The fourth-order valence-corrected chi connectivity index (χ4v) is 3.01. The van der Waals surface area contributed by atoms with Crippen LogP contribution in [0, 0.1) is 6.92 Å². The summed E-state index contributed by atoms with van der Waals surface area (Å²) in [6.45, 7) is 2.98. The van der Waals surface area contributed by atoms with E-state index in [4.69, 9.17) is 32.4 Å². The Morgan fingerprint density at radius 1 is 1.33 bits per heavy atom. The van der Waals surface area contributed by atoms with Gasteiger partial charge in [0.05, 0.1) is 5.02 Å². The van der Waals surface area contributed by atoms with Gasteiger partial charge in [-0.15, -0.1) is 10.2 Å². The van der Waals surface area contributed by atoms with Crippen LogP contribution in [-0.4, -0.2) is 40.7 Å². The molecule has 1 aromatic carbocycles. The van der Waals surface area contributed by atoms with E-state index >= 15 is 0 Å². The van der Waals surface area contributed by atoms with Crippen molar-refractivity contribution in [3.05, 3.63) is 40.0 Å². The molecule has 0 aliphatic carbocycles. The highest BCUT2D eigenvalue weighted by Crippen LogP contribution is 2.29. The van der Waals surface area contributed by atoms with Crippen LogP contribution in [-0.2, 0) is 4.79 Å². The van der Waals surface area contributed by atoms with Gasteiger partial charge in [-0.2, -0.15) is 0 Å². The molecular weight excluding hydrogens is 353 g/mol. The van der Waals surface area contributed by atoms with Gasteiger partial charge in [-0.05, 0) is 25.0 Å². The van der Waals surface area contributed by atoms with Crippen molar-refractivity contribution in [3.63, 3.8) is 0 Å². The van der Waals surface area contributed by atoms with Crippen molar-refractivity contribution >= 4 is 29.1 Å². The number of hydrogen-bond donors (Lipinski definition) is 0. The number of piperidine rings is 1. The Kier molecular flexibility index (Phi) is 5.26. The van der Waals surface area contributed by atoms with E-state index in [1.807, 2.05) is 0 Å². The van der Waals surface area contributed by atoms with Gasteiger partial charge in [0, 0.05) is 37.0 Å². The zero-order valence-corrected chi connectivity index (χ0v) is 14.7. The van der Waals surface area contributed by atoms with Gasteiger partial charge in [0.2, 0.25) is 11.8 Å². The van der Waals surface area contributed by atoms with Crippen LogP contribution in [0.3, 0.4) is 0 Å². The summed E-state index contributed by atoms with van der Waals surface area (Å²) >= 11 is 11.9. The Labute approximate surface area is 149 Å². The molecule has 0 saturated carbocycles. The van der Waals surface area contributed by atoms with Gasteiger partial charge in [0.15, 0.2) is 6.61 Å². The first kappa shape index (κ1) is 17.0. The molecule has 6 nitrogen and oxygen atoms in total. The lowest BCUT2D eigenvalue weighted by molar-refractivity contribution is -0.134. The van der Waals surface area contributed by atoms with Crippen molar-refractivity contribution in [1.29, 1.82) is 0 Å². The second-order valence-electron chi connectivity index (χ2n) is 5.68. The normalized spacial score (nSPS) is 15.5. The van der Waals surface area contributed by atoms with E-state index in [-0.39, 0.29) is 18.4 Å². The maximum absolute atomic E-state index is 12.3. The zero-order valence-electron chi connectivity index (χ0n) is 13.2. The molecule has 0 atom stereocenters. The first-order valence-electron chi connectivity index (χ1n) is 7.68. The average Bonchev–Trinajstić information content (AvgIpc) is 3.02. The van der Waals surface area contributed by atoms with Gasteiger partial charge in [0.1, 0.15) is 5.75 Å². The monoisotopic (exact) mass is 369 g/mol. The number of ether oxygens (including phenoxy) is 1. The SMILES string of the molecule is Cc1nnc(C2CCN(C(=O)COc3cc(Cl)ccc3Cl)CC2)o1. The molecule has 0 unspecified atom stereocenters. The Bertz CT molecular complexity index is 727. The molecule has 1 saturated heterocycles. The van der Waals surface area contributed by atoms with Crippen molar-refractivity contribution in [2.24, 2.45) is 0 Å². The van der Waals surface area contributed by atoms with Crippen LogP contribution in [0.4, 0.5) is 0 Å². The topological polar surface area (TPSA) is 68.5 Å². The van der Waals surface area contributed by atoms with Gasteiger partial charge in [-0.3, -0.25) is 4.79 Å². The van der Waals surface area contributed by atoms with E-state index in [0.29, 0.717) is 40.7 Å². The number of halogens is 2. The fraction of sp³-hybridized carbons (Fsp3) is 0.438. The number of hydrogen-bond acceptors (Lipinski definition) is 5. The largest absolute Gasteiger partial charge is 0.482 e. The Morgan fingerprint density at radius 2 is 2.08 bits per heavy atom. The summed E-state index contributed by atoms with van der Waals surface area (Å²) in [4.78, 5) is 14.1. The molecule has 2 aromatic rings. The van der Waals surface area contributed by atoms with Crippen LogP contribution in [0.2, 0.25) is 10.0 Å². The van der Waals surface area contributed by atoms with Crippen molar-refractivity contribution < 1.29 is 13.9 Å². The molecular formula is C16H17Cl2N3O3. The number of carbonyl (C=O) groups excluding carboxylic acids is 1. The van der Waals surface area contributed by atoms with E-state index in [9.17, 15) is 4.79 Å². The Hall–Kier alpha value is -1.79. The Morgan fingerprint density at radius 3 is 2.75 bits per heavy atom. The highest BCUT2D eigenvalue weighted by atomic mass is 35.5. The highest BCUT2D eigenvalue weighted by molar-refractivity contribution is 6.34. The van der Waals surface area contributed by atoms with E-state index in [1.165, 1.54) is 0 Å². The van der Waals surface area contributed by atoms with E-state index < -0.39 is 0 Å². The van der Waals surface area contributed by atoms with Crippen LogP contribution >= 0.6 is 23.2 Å². The lowest BCUT2D eigenvalue weighted by Gasteiger charge is -2.30. The molecule has 0 N–H and O–H groups in total. The molecule has 8 heteroatoms. The second-order valence-corrected chi connectivity index (χ2v) is 6.52. The van der Waals surface area contributed by atoms with Crippen LogP contribution < -0.4 is 4.74 Å². The quantitative estimate of drug-likeness (QED) is 0.824. The lowest BCUT2D eigenvalue weighted by atomic mass is 9.97. The van der Waals surface area contributed by atoms with Crippen molar-refractivity contribution in [2.45, 2.75) is 25.7 Å². The summed E-state index contributed by atoms with van der Waals surface area (Å²) in [6.07, 6.45) is 1.59. The van der Waals surface area contributed by atoms with Crippen molar-refractivity contribution in [2.75, 3.05) is 19.7 Å². The molecule has 2 heterocycles. The maximum atomic E-state index is 12.3. The van der Waals surface area contributed by atoms with Crippen LogP contribution in [0.15, 0.2) is 22.6 Å². The van der Waals surface area contributed by atoms with Gasteiger partial charge >= 0.3 is 0 Å². The number of likely N-dealkylation sites (tertiary alicyclic amines) is 1. The van der Waals surface area contributed by atoms with Crippen molar-refractivity contribution in [1.82, 2.24) is 15.1 Å². The lowest BCUT2D eigenvalue weighted by Crippen LogP contribution is -2.40. The number of aromatic nitrogens is 2. The molecule has 128 valence electrons. The summed E-state index contributed by atoms with van der Waals surface area (Å²) in [7, 11) is 0. The minimum Gasteiger partial charge on any atom is -0.482 e. The van der Waals surface area contributed by atoms with Gasteiger partial charge in [-0.25, -0.2) is 0 Å². The standard InChI is InChI=1S/C16H17Cl2N3O3/c1-10-19-20-16(24-10)11-4-6-21(7-5-11)15(22)9-23-14-8-12(17)2-3-13(14)18/h2-3,8,11H,4-7,9H2,1H3. The molecule has 3 rings (SSSR count). The molecule has 1 amide bonds. The zero-order chi connectivity index (χ0) is 17.1. The summed E-state index contributed by atoms with van der Waals surface area (Å²) in [5, 5.41) is 8.86. The number of amides is 1. The third-order valence-electron chi connectivity index (χ3n) is 3.98. The number of rotatable bonds is 4. The van der Waals surface area contributed by atoms with Crippen LogP contribution in [0.1, 0.15) is 30.5 Å². The van der Waals surface area contributed by atoms with Crippen LogP contribution in [0.5, 0.6) is 5.75 Å². The summed E-state index contributed by atoms with van der Waals surface area (Å²) in [6, 6.07) is 4.91.